The van der Waals surface area contributed by atoms with Gasteiger partial charge in [-0.05, 0) is 48.3 Å². The van der Waals surface area contributed by atoms with Crippen molar-refractivity contribution in [2.75, 3.05) is 44.2 Å². The van der Waals surface area contributed by atoms with Crippen LogP contribution >= 0.6 is 0 Å². The summed E-state index contributed by atoms with van der Waals surface area (Å²) >= 11 is 0. The van der Waals surface area contributed by atoms with Gasteiger partial charge >= 0.3 is 6.09 Å². The van der Waals surface area contributed by atoms with Crippen LogP contribution in [0.1, 0.15) is 64.9 Å². The Morgan fingerprint density at radius 2 is 1.54 bits per heavy atom. The maximum Gasteiger partial charge on any atom is 0.407 e. The van der Waals surface area contributed by atoms with E-state index in [1.165, 1.54) is 10.5 Å². The van der Waals surface area contributed by atoms with Crippen molar-refractivity contribution >= 4 is 23.6 Å². The molecule has 2 heterocycles. The van der Waals surface area contributed by atoms with Crippen LogP contribution in [0, 0.1) is 17.3 Å². The Hall–Kier alpha value is -2.81. The number of rotatable bonds is 4. The summed E-state index contributed by atoms with van der Waals surface area (Å²) < 4.78 is 0. The first kappa shape index (κ1) is 27.2. The third-order valence-corrected chi connectivity index (χ3v) is 8.91. The summed E-state index contributed by atoms with van der Waals surface area (Å²) in [5.41, 5.74) is 3.25. The minimum Gasteiger partial charge on any atom is -0.465 e. The average Bonchev–Trinajstić information content (AvgIpc) is 2.92. The van der Waals surface area contributed by atoms with Crippen LogP contribution in [-0.2, 0) is 15.0 Å². The lowest BCUT2D eigenvalue weighted by Crippen LogP contribution is -2.64. The van der Waals surface area contributed by atoms with Gasteiger partial charge in [0.1, 0.15) is 0 Å². The fourth-order valence-electron chi connectivity index (χ4n) is 6.71. The van der Waals surface area contributed by atoms with E-state index in [1.54, 1.807) is 5.48 Å². The molecular formula is C28H42N4O5. The number of benzene rings is 1. The lowest BCUT2D eigenvalue weighted by Gasteiger charge is -2.52. The molecule has 2 saturated heterocycles. The van der Waals surface area contributed by atoms with Crippen molar-refractivity contribution in [2.24, 2.45) is 17.3 Å². The van der Waals surface area contributed by atoms with Crippen LogP contribution in [0.15, 0.2) is 24.3 Å². The van der Waals surface area contributed by atoms with E-state index in [-0.39, 0.29) is 30.3 Å². The molecule has 3 aliphatic rings. The summed E-state index contributed by atoms with van der Waals surface area (Å²) in [6, 6.07) is 8.62. The van der Waals surface area contributed by atoms with Gasteiger partial charge in [0.15, 0.2) is 0 Å². The molecule has 204 valence electrons. The van der Waals surface area contributed by atoms with Crippen molar-refractivity contribution < 1.29 is 24.7 Å². The predicted molar refractivity (Wildman–Crippen MR) is 141 cm³/mol. The number of hydrogen-bond donors (Lipinski definition) is 3. The predicted octanol–water partition coefficient (Wildman–Crippen LogP) is 3.70. The topological polar surface area (TPSA) is 113 Å². The number of likely N-dealkylation sites (tertiary alicyclic amines) is 1. The number of carbonyl (C=O) groups is 3. The SMILES string of the molecule is CC(C)(C)c1ccc(N2CCN(C(=O)[C@]3(C4CCCCC4)CCN(C(=O)O)C[C@H]3C(=O)NO)CC2)cc1. The third kappa shape index (κ3) is 5.42. The molecule has 1 aromatic carbocycles. The van der Waals surface area contributed by atoms with Crippen molar-refractivity contribution in [1.29, 1.82) is 0 Å². The monoisotopic (exact) mass is 514 g/mol. The number of hydroxylamine groups is 1. The molecule has 2 aliphatic heterocycles. The van der Waals surface area contributed by atoms with Crippen LogP contribution in [0.3, 0.4) is 0 Å². The first-order valence-corrected chi connectivity index (χ1v) is 13.6. The van der Waals surface area contributed by atoms with E-state index in [2.05, 4.69) is 49.9 Å². The Morgan fingerprint density at radius 3 is 2.08 bits per heavy atom. The van der Waals surface area contributed by atoms with Crippen LogP contribution in [0.25, 0.3) is 0 Å². The number of piperidine rings is 1. The number of anilines is 1. The number of hydrogen-bond acceptors (Lipinski definition) is 5. The Kier molecular flexibility index (Phi) is 8.02. The Balaban J connectivity index is 1.55. The molecule has 3 fully saturated rings. The van der Waals surface area contributed by atoms with Gasteiger partial charge in [-0.2, -0.15) is 0 Å². The molecule has 3 amide bonds. The fraction of sp³-hybridized carbons (Fsp3) is 0.679. The van der Waals surface area contributed by atoms with Crippen molar-refractivity contribution in [3.63, 3.8) is 0 Å². The molecular weight excluding hydrogens is 472 g/mol. The second-order valence-electron chi connectivity index (χ2n) is 12.0. The summed E-state index contributed by atoms with van der Waals surface area (Å²) in [7, 11) is 0. The van der Waals surface area contributed by atoms with Crippen LogP contribution in [0.2, 0.25) is 0 Å². The van der Waals surface area contributed by atoms with Crippen molar-refractivity contribution in [1.82, 2.24) is 15.3 Å². The minimum absolute atomic E-state index is 0.00466. The van der Waals surface area contributed by atoms with E-state index in [0.29, 0.717) is 32.6 Å². The van der Waals surface area contributed by atoms with Crippen molar-refractivity contribution in [3.05, 3.63) is 29.8 Å². The first-order valence-electron chi connectivity index (χ1n) is 13.6. The summed E-state index contributed by atoms with van der Waals surface area (Å²) in [5.74, 6) is -1.64. The van der Waals surface area contributed by atoms with Gasteiger partial charge in [0.2, 0.25) is 11.8 Å². The molecule has 0 bridgehead atoms. The lowest BCUT2D eigenvalue weighted by molar-refractivity contribution is -0.165. The van der Waals surface area contributed by atoms with Gasteiger partial charge in [-0.3, -0.25) is 14.8 Å². The molecule has 0 unspecified atom stereocenters. The van der Waals surface area contributed by atoms with Crippen LogP contribution in [0.5, 0.6) is 0 Å². The Bertz CT molecular complexity index is 977. The zero-order valence-corrected chi connectivity index (χ0v) is 22.4. The van der Waals surface area contributed by atoms with E-state index in [4.69, 9.17) is 0 Å². The molecule has 1 aromatic rings. The number of carbonyl (C=O) groups excluding carboxylic acids is 2. The maximum atomic E-state index is 14.4. The third-order valence-electron chi connectivity index (χ3n) is 8.91. The molecule has 0 radical (unpaired) electrons. The summed E-state index contributed by atoms with van der Waals surface area (Å²) in [6.45, 7) is 9.20. The highest BCUT2D eigenvalue weighted by atomic mass is 16.5. The molecule has 9 heteroatoms. The average molecular weight is 515 g/mol. The zero-order chi connectivity index (χ0) is 26.8. The number of carboxylic acid groups (broad SMARTS) is 1. The molecule has 1 aliphatic carbocycles. The highest BCUT2D eigenvalue weighted by Crippen LogP contribution is 2.50. The minimum atomic E-state index is -1.11. The highest BCUT2D eigenvalue weighted by Gasteiger charge is 2.58. The Labute approximate surface area is 219 Å². The van der Waals surface area contributed by atoms with Crippen LogP contribution < -0.4 is 10.4 Å². The van der Waals surface area contributed by atoms with Gasteiger partial charge in [0.05, 0.1) is 11.3 Å². The maximum absolute atomic E-state index is 14.4. The summed E-state index contributed by atoms with van der Waals surface area (Å²) in [5, 5.41) is 19.2. The molecule has 3 N–H and O–H groups in total. The van der Waals surface area contributed by atoms with E-state index in [0.717, 1.165) is 37.8 Å². The number of amides is 3. The largest absolute Gasteiger partial charge is 0.465 e. The summed E-state index contributed by atoms with van der Waals surface area (Å²) in [4.78, 5) is 44.4. The molecule has 1 saturated carbocycles. The zero-order valence-electron chi connectivity index (χ0n) is 22.4. The van der Waals surface area contributed by atoms with Crippen LogP contribution in [0.4, 0.5) is 10.5 Å². The van der Waals surface area contributed by atoms with Crippen molar-refractivity contribution in [3.8, 4) is 0 Å². The highest BCUT2D eigenvalue weighted by molar-refractivity contribution is 5.92. The molecule has 2 atom stereocenters. The van der Waals surface area contributed by atoms with Crippen molar-refractivity contribution in [2.45, 2.75) is 64.7 Å². The normalized spacial score (nSPS) is 25.6. The van der Waals surface area contributed by atoms with Gasteiger partial charge in [0.25, 0.3) is 0 Å². The Morgan fingerprint density at radius 1 is 0.919 bits per heavy atom. The second kappa shape index (κ2) is 10.9. The summed E-state index contributed by atoms with van der Waals surface area (Å²) in [6.07, 6.45) is 3.97. The number of nitrogens with one attached hydrogen (secondary N) is 1. The molecule has 9 nitrogen and oxygen atoms in total. The number of nitrogens with zero attached hydrogens (tertiary/aromatic N) is 3. The lowest BCUT2D eigenvalue weighted by atomic mass is 9.57. The van der Waals surface area contributed by atoms with Gasteiger partial charge in [-0.25, -0.2) is 10.3 Å². The van der Waals surface area contributed by atoms with Gasteiger partial charge in [-0.1, -0.05) is 52.2 Å². The standard InChI is InChI=1S/C28H42N4O5/c1-27(2,3)20-9-11-22(12-10-20)30-15-17-31(18-16-30)25(34)28(21-7-5-4-6-8-21)13-14-32(26(35)36)19-23(28)24(33)29-37/h9-12,21,23,37H,4-8,13-19H2,1-3H3,(H,29,33)(H,35,36)/t23-,28-/m0/s1. The van der Waals surface area contributed by atoms with E-state index >= 15 is 0 Å². The quantitative estimate of drug-likeness (QED) is 0.417. The molecule has 4 rings (SSSR count). The van der Waals surface area contributed by atoms with E-state index in [9.17, 15) is 24.7 Å². The smallest absolute Gasteiger partial charge is 0.407 e. The van der Waals surface area contributed by atoms with E-state index < -0.39 is 23.3 Å². The fourth-order valence-corrected chi connectivity index (χ4v) is 6.71. The van der Waals surface area contributed by atoms with Gasteiger partial charge in [0, 0.05) is 45.0 Å². The molecule has 0 aromatic heterocycles. The first-order chi connectivity index (χ1) is 17.6. The van der Waals surface area contributed by atoms with Gasteiger partial charge in [-0.15, -0.1) is 0 Å². The van der Waals surface area contributed by atoms with Crippen LogP contribution in [-0.4, -0.2) is 77.3 Å². The second-order valence-corrected chi connectivity index (χ2v) is 12.0. The van der Waals surface area contributed by atoms with E-state index in [1.807, 2.05) is 4.90 Å². The number of piperazine rings is 1. The molecule has 0 spiro atoms. The molecule has 37 heavy (non-hydrogen) atoms. The van der Waals surface area contributed by atoms with Gasteiger partial charge < -0.3 is 19.8 Å².